The summed E-state index contributed by atoms with van der Waals surface area (Å²) in [5, 5.41) is 7.97. The number of rotatable bonds is 2. The van der Waals surface area contributed by atoms with E-state index in [0.29, 0.717) is 0 Å². The lowest BCUT2D eigenvalue weighted by Gasteiger charge is -2.35. The van der Waals surface area contributed by atoms with Gasteiger partial charge in [-0.15, -0.1) is 0 Å². The Morgan fingerprint density at radius 3 is 2.25 bits per heavy atom. The molecule has 0 aliphatic heterocycles. The van der Waals surface area contributed by atoms with Crippen LogP contribution in [0.25, 0.3) is 0 Å². The molecule has 1 amide bonds. The van der Waals surface area contributed by atoms with Gasteiger partial charge in [-0.05, 0) is 13.8 Å². The third kappa shape index (κ3) is 2.05. The summed E-state index contributed by atoms with van der Waals surface area (Å²) >= 11 is 0. The van der Waals surface area contributed by atoms with Crippen molar-refractivity contribution in [2.45, 2.75) is 32.9 Å². The van der Waals surface area contributed by atoms with E-state index in [9.17, 15) is 14.4 Å². The molecule has 0 bridgehead atoms. The molecule has 5 nitrogen and oxygen atoms in total. The maximum atomic E-state index is 12.5. The number of fused-ring (bicyclic) bond motifs is 1. The van der Waals surface area contributed by atoms with Crippen LogP contribution in [0, 0.1) is 5.41 Å². The Balaban J connectivity index is 2.57. The molecule has 2 rings (SSSR count). The van der Waals surface area contributed by atoms with Crippen molar-refractivity contribution >= 4 is 23.2 Å². The van der Waals surface area contributed by atoms with E-state index < -0.39 is 11.8 Å². The first-order chi connectivity index (χ1) is 9.36. The molecule has 0 saturated heterocycles. The molecule has 1 aliphatic carbocycles. The first kappa shape index (κ1) is 14.1. The molecule has 1 atom stereocenters. The topological polar surface area (TPSA) is 78.3 Å². The van der Waals surface area contributed by atoms with Crippen LogP contribution in [0.15, 0.2) is 24.3 Å². The zero-order valence-corrected chi connectivity index (χ0v) is 11.6. The standard InChI is InChI=1S/C15H16N2O3/c1-8(2)17(9(3)18)13-12(16)14(19)10-6-4-5-7-11(10)15(13)20/h4-8,13,16H,1-3H3/t13-/m1/s1. The van der Waals surface area contributed by atoms with Crippen LogP contribution in [0.2, 0.25) is 0 Å². The SMILES string of the molecule is CC(=O)N(C(C)C)[C@@H]1C(=N)C(=O)c2ccccc2C1=O. The van der Waals surface area contributed by atoms with E-state index in [1.807, 2.05) is 0 Å². The zero-order valence-electron chi connectivity index (χ0n) is 11.6. The number of amides is 1. The van der Waals surface area contributed by atoms with E-state index in [2.05, 4.69) is 0 Å². The molecule has 0 aromatic heterocycles. The fourth-order valence-corrected chi connectivity index (χ4v) is 2.55. The van der Waals surface area contributed by atoms with Gasteiger partial charge in [-0.1, -0.05) is 24.3 Å². The molecule has 20 heavy (non-hydrogen) atoms. The third-order valence-corrected chi connectivity index (χ3v) is 3.40. The highest BCUT2D eigenvalue weighted by molar-refractivity contribution is 6.54. The van der Waals surface area contributed by atoms with Crippen molar-refractivity contribution < 1.29 is 14.4 Å². The van der Waals surface area contributed by atoms with Crippen molar-refractivity contribution in [2.75, 3.05) is 0 Å². The van der Waals surface area contributed by atoms with E-state index in [4.69, 9.17) is 5.41 Å². The summed E-state index contributed by atoms with van der Waals surface area (Å²) in [6.07, 6.45) is 0. The van der Waals surface area contributed by atoms with Crippen molar-refractivity contribution in [3.8, 4) is 0 Å². The highest BCUT2D eigenvalue weighted by Gasteiger charge is 2.42. The van der Waals surface area contributed by atoms with Gasteiger partial charge in [0.2, 0.25) is 11.7 Å². The van der Waals surface area contributed by atoms with Gasteiger partial charge < -0.3 is 4.90 Å². The van der Waals surface area contributed by atoms with Crippen LogP contribution in [0.1, 0.15) is 41.5 Å². The van der Waals surface area contributed by atoms with Crippen molar-refractivity contribution in [3.63, 3.8) is 0 Å². The Hall–Kier alpha value is -2.30. The van der Waals surface area contributed by atoms with Crippen LogP contribution in [0.4, 0.5) is 0 Å². The number of nitrogens with zero attached hydrogens (tertiary/aromatic N) is 1. The number of carbonyl (C=O) groups is 3. The first-order valence-corrected chi connectivity index (χ1v) is 6.41. The molecule has 0 fully saturated rings. The van der Waals surface area contributed by atoms with Gasteiger partial charge in [-0.3, -0.25) is 19.8 Å². The number of carbonyl (C=O) groups excluding carboxylic acids is 3. The molecule has 5 heteroatoms. The van der Waals surface area contributed by atoms with Crippen LogP contribution in [0.3, 0.4) is 0 Å². The minimum Gasteiger partial charge on any atom is -0.324 e. The quantitative estimate of drug-likeness (QED) is 0.890. The summed E-state index contributed by atoms with van der Waals surface area (Å²) in [7, 11) is 0. The van der Waals surface area contributed by atoms with Crippen LogP contribution in [-0.4, -0.2) is 40.2 Å². The highest BCUT2D eigenvalue weighted by Crippen LogP contribution is 2.24. The molecule has 1 aromatic rings. The van der Waals surface area contributed by atoms with Crippen LogP contribution in [-0.2, 0) is 4.79 Å². The first-order valence-electron chi connectivity index (χ1n) is 6.41. The summed E-state index contributed by atoms with van der Waals surface area (Å²) in [5.41, 5.74) is 0.189. The van der Waals surface area contributed by atoms with Crippen molar-refractivity contribution in [1.82, 2.24) is 4.90 Å². The molecule has 0 unspecified atom stereocenters. The van der Waals surface area contributed by atoms with Crippen molar-refractivity contribution in [2.24, 2.45) is 0 Å². The second-order valence-corrected chi connectivity index (χ2v) is 5.08. The summed E-state index contributed by atoms with van der Waals surface area (Å²) in [5.74, 6) is -1.18. The summed E-state index contributed by atoms with van der Waals surface area (Å²) in [4.78, 5) is 37.8. The van der Waals surface area contributed by atoms with Gasteiger partial charge in [-0.25, -0.2) is 0 Å². The van der Waals surface area contributed by atoms with E-state index in [0.717, 1.165) is 0 Å². The number of hydrogen-bond donors (Lipinski definition) is 1. The molecule has 1 aliphatic rings. The molecule has 104 valence electrons. The lowest BCUT2D eigenvalue weighted by molar-refractivity contribution is -0.131. The molecule has 1 aromatic carbocycles. The zero-order chi connectivity index (χ0) is 15.0. The van der Waals surface area contributed by atoms with Gasteiger partial charge in [0.1, 0.15) is 11.8 Å². The second-order valence-electron chi connectivity index (χ2n) is 5.08. The van der Waals surface area contributed by atoms with Gasteiger partial charge in [-0.2, -0.15) is 0 Å². The molecule has 1 N–H and O–H groups in total. The van der Waals surface area contributed by atoms with Gasteiger partial charge >= 0.3 is 0 Å². The molecule has 0 spiro atoms. The van der Waals surface area contributed by atoms with Crippen molar-refractivity contribution in [1.29, 1.82) is 5.41 Å². The normalized spacial score (nSPS) is 18.2. The summed E-state index contributed by atoms with van der Waals surface area (Å²) < 4.78 is 0. The Labute approximate surface area is 117 Å². The maximum absolute atomic E-state index is 12.5. The lowest BCUT2D eigenvalue weighted by atomic mass is 9.83. The minimum absolute atomic E-state index is 0.242. The second kappa shape index (κ2) is 5.00. The predicted molar refractivity (Wildman–Crippen MR) is 74.3 cm³/mol. The maximum Gasteiger partial charge on any atom is 0.220 e. The number of ketones is 2. The van der Waals surface area contributed by atoms with E-state index >= 15 is 0 Å². The monoisotopic (exact) mass is 272 g/mol. The number of nitrogens with one attached hydrogen (secondary N) is 1. The van der Waals surface area contributed by atoms with Gasteiger partial charge in [0, 0.05) is 24.1 Å². The van der Waals surface area contributed by atoms with E-state index in [1.54, 1.807) is 32.0 Å². The Kier molecular flexibility index (Phi) is 3.53. The summed E-state index contributed by atoms with van der Waals surface area (Å²) in [6.45, 7) is 4.85. The Morgan fingerprint density at radius 1 is 1.20 bits per heavy atom. The average Bonchev–Trinajstić information content (AvgIpc) is 2.40. The molecule has 0 radical (unpaired) electrons. The third-order valence-electron chi connectivity index (χ3n) is 3.40. The van der Waals surface area contributed by atoms with Crippen LogP contribution in [0.5, 0.6) is 0 Å². The van der Waals surface area contributed by atoms with Gasteiger partial charge in [0.25, 0.3) is 0 Å². The lowest BCUT2D eigenvalue weighted by Crippen LogP contribution is -2.56. The average molecular weight is 272 g/mol. The van der Waals surface area contributed by atoms with Crippen molar-refractivity contribution in [3.05, 3.63) is 35.4 Å². The van der Waals surface area contributed by atoms with Crippen LogP contribution >= 0.6 is 0 Å². The van der Waals surface area contributed by atoms with E-state index in [1.165, 1.54) is 17.9 Å². The van der Waals surface area contributed by atoms with Gasteiger partial charge in [0.05, 0.1) is 0 Å². The summed E-state index contributed by atoms with van der Waals surface area (Å²) in [6, 6.07) is 5.04. The minimum atomic E-state index is -1.12. The molecular formula is C15H16N2O3. The Morgan fingerprint density at radius 2 is 1.75 bits per heavy atom. The fraction of sp³-hybridized carbons (Fsp3) is 0.333. The number of hydrogen-bond acceptors (Lipinski definition) is 4. The highest BCUT2D eigenvalue weighted by atomic mass is 16.2. The molecular weight excluding hydrogens is 256 g/mol. The van der Waals surface area contributed by atoms with E-state index in [-0.39, 0.29) is 34.6 Å². The number of Topliss-reactive ketones (excluding diaryl/α,β-unsaturated/α-hetero) is 2. The molecule has 0 heterocycles. The van der Waals surface area contributed by atoms with Gasteiger partial charge in [0.15, 0.2) is 5.78 Å². The Bertz CT molecular complexity index is 619. The number of benzene rings is 1. The largest absolute Gasteiger partial charge is 0.324 e. The smallest absolute Gasteiger partial charge is 0.220 e. The van der Waals surface area contributed by atoms with Crippen LogP contribution < -0.4 is 0 Å². The molecule has 0 saturated carbocycles. The predicted octanol–water partition coefficient (Wildman–Crippen LogP) is 1.71. The fourth-order valence-electron chi connectivity index (χ4n) is 2.55.